The number of unbranched alkanes of at least 4 members (excludes halogenated alkanes) is 5. The van der Waals surface area contributed by atoms with E-state index in [1.54, 1.807) is 0 Å². The minimum atomic E-state index is -3.55. The van der Waals surface area contributed by atoms with Gasteiger partial charge in [-0.05, 0) is 6.42 Å². The first-order valence-corrected chi connectivity index (χ1v) is 7.75. The summed E-state index contributed by atoms with van der Waals surface area (Å²) in [5, 5.41) is 17.5. The smallest absolute Gasteiger partial charge is 0.267 e. The van der Waals surface area contributed by atoms with Gasteiger partial charge in [0.1, 0.15) is 6.10 Å². The molecule has 0 aliphatic carbocycles. The third-order valence-electron chi connectivity index (χ3n) is 2.40. The molecule has 17 heavy (non-hydrogen) atoms. The van der Waals surface area contributed by atoms with E-state index in [1.807, 2.05) is 0 Å². The van der Waals surface area contributed by atoms with Crippen molar-refractivity contribution in [3.63, 3.8) is 0 Å². The van der Waals surface area contributed by atoms with E-state index >= 15 is 0 Å². The van der Waals surface area contributed by atoms with E-state index in [2.05, 4.69) is 11.1 Å². The van der Waals surface area contributed by atoms with Gasteiger partial charge in [-0.15, -0.1) is 0 Å². The van der Waals surface area contributed by atoms with Crippen LogP contribution in [0.1, 0.15) is 45.4 Å². The highest BCUT2D eigenvalue weighted by Gasteiger charge is 2.13. The van der Waals surface area contributed by atoms with Crippen LogP contribution in [0.5, 0.6) is 0 Å². The van der Waals surface area contributed by atoms with E-state index in [0.29, 0.717) is 6.42 Å². The molecule has 0 amide bonds. The Morgan fingerprint density at radius 2 is 1.71 bits per heavy atom. The Balaban J connectivity index is 3.57. The third kappa shape index (κ3) is 10.7. The van der Waals surface area contributed by atoms with Crippen LogP contribution in [-0.4, -0.2) is 43.7 Å². The summed E-state index contributed by atoms with van der Waals surface area (Å²) in [6, 6.07) is 0. The van der Waals surface area contributed by atoms with Crippen LogP contribution >= 0.6 is 0 Å². The first-order valence-electron chi connectivity index (χ1n) is 6.18. The Bertz CT molecular complexity index is 263. The van der Waals surface area contributed by atoms with E-state index in [4.69, 9.17) is 10.2 Å². The highest BCUT2D eigenvalue weighted by Crippen LogP contribution is 2.07. The Kier molecular flexibility index (Phi) is 9.72. The van der Waals surface area contributed by atoms with Crippen LogP contribution in [0, 0.1) is 0 Å². The van der Waals surface area contributed by atoms with Gasteiger partial charge < -0.3 is 10.2 Å². The summed E-state index contributed by atoms with van der Waals surface area (Å²) >= 11 is 0. The molecule has 0 heterocycles. The molecule has 0 bridgehead atoms. The maximum absolute atomic E-state index is 11.3. The third-order valence-corrected chi connectivity index (χ3v) is 3.68. The second kappa shape index (κ2) is 9.82. The fourth-order valence-corrected chi connectivity index (χ4v) is 2.39. The number of rotatable bonds is 11. The van der Waals surface area contributed by atoms with Gasteiger partial charge in [-0.1, -0.05) is 39.0 Å². The predicted octanol–water partition coefficient (Wildman–Crippen LogP) is 1.05. The molecule has 0 aromatic rings. The first kappa shape index (κ1) is 16.8. The molecule has 104 valence electrons. The minimum Gasteiger partial charge on any atom is -0.394 e. The normalized spacial score (nSPS) is 13.8. The zero-order valence-corrected chi connectivity index (χ0v) is 11.3. The highest BCUT2D eigenvalue weighted by atomic mass is 32.2. The molecule has 0 fully saturated rings. The van der Waals surface area contributed by atoms with Gasteiger partial charge in [0, 0.05) is 0 Å². The largest absolute Gasteiger partial charge is 0.394 e. The van der Waals surface area contributed by atoms with Crippen molar-refractivity contribution in [3.8, 4) is 0 Å². The molecule has 0 aromatic heterocycles. The topological polar surface area (TPSA) is 83.8 Å². The maximum atomic E-state index is 11.3. The summed E-state index contributed by atoms with van der Waals surface area (Å²) in [4.78, 5) is 0. The lowest BCUT2D eigenvalue weighted by Crippen LogP contribution is -2.23. The molecule has 0 spiro atoms. The summed E-state index contributed by atoms with van der Waals surface area (Å²) in [5.41, 5.74) is 0. The Morgan fingerprint density at radius 3 is 2.29 bits per heavy atom. The van der Waals surface area contributed by atoms with Crippen molar-refractivity contribution in [3.05, 3.63) is 0 Å². The van der Waals surface area contributed by atoms with Crippen molar-refractivity contribution in [1.82, 2.24) is 0 Å². The average molecular weight is 268 g/mol. The lowest BCUT2D eigenvalue weighted by Gasteiger charge is -2.08. The Morgan fingerprint density at radius 1 is 1.12 bits per heavy atom. The number of hydrogen-bond acceptors (Lipinski definition) is 5. The predicted molar refractivity (Wildman–Crippen MR) is 66.2 cm³/mol. The van der Waals surface area contributed by atoms with Gasteiger partial charge in [0.2, 0.25) is 0 Å². The van der Waals surface area contributed by atoms with Gasteiger partial charge in [-0.25, -0.2) is 0 Å². The fourth-order valence-electron chi connectivity index (χ4n) is 1.35. The zero-order valence-electron chi connectivity index (χ0n) is 10.5. The van der Waals surface area contributed by atoms with Crippen LogP contribution in [0.15, 0.2) is 0 Å². The van der Waals surface area contributed by atoms with Gasteiger partial charge in [0.15, 0.2) is 0 Å². The van der Waals surface area contributed by atoms with Gasteiger partial charge in [0.05, 0.1) is 19.0 Å². The van der Waals surface area contributed by atoms with E-state index in [1.165, 1.54) is 12.8 Å². The van der Waals surface area contributed by atoms with Crippen molar-refractivity contribution in [1.29, 1.82) is 0 Å². The van der Waals surface area contributed by atoms with Crippen molar-refractivity contribution in [2.75, 3.05) is 19.0 Å². The summed E-state index contributed by atoms with van der Waals surface area (Å²) in [5.74, 6) is -0.0166. The van der Waals surface area contributed by atoms with Crippen LogP contribution in [-0.2, 0) is 14.3 Å². The van der Waals surface area contributed by atoms with E-state index < -0.39 is 22.8 Å². The quantitative estimate of drug-likeness (QED) is 0.432. The minimum absolute atomic E-state index is 0.0166. The van der Waals surface area contributed by atoms with E-state index in [9.17, 15) is 8.42 Å². The molecular formula is C11H24O5S. The molecule has 0 aliphatic heterocycles. The summed E-state index contributed by atoms with van der Waals surface area (Å²) in [6.07, 6.45) is 4.87. The monoisotopic (exact) mass is 268 g/mol. The van der Waals surface area contributed by atoms with E-state index in [0.717, 1.165) is 19.3 Å². The summed E-state index contributed by atoms with van der Waals surface area (Å²) in [6.45, 7) is 1.27. The molecule has 2 N–H and O–H groups in total. The molecule has 1 atom stereocenters. The number of hydrogen-bond donors (Lipinski definition) is 2. The summed E-state index contributed by atoms with van der Waals surface area (Å²) in [7, 11) is -3.55. The van der Waals surface area contributed by atoms with Crippen LogP contribution < -0.4 is 0 Å². The van der Waals surface area contributed by atoms with Crippen molar-refractivity contribution >= 4 is 10.1 Å². The van der Waals surface area contributed by atoms with Gasteiger partial charge in [0.25, 0.3) is 10.1 Å². The van der Waals surface area contributed by atoms with Crippen LogP contribution in [0.4, 0.5) is 0 Å². The van der Waals surface area contributed by atoms with Crippen LogP contribution in [0.2, 0.25) is 0 Å². The molecule has 0 rings (SSSR count). The Hall–Kier alpha value is -0.170. The van der Waals surface area contributed by atoms with Gasteiger partial charge in [-0.3, -0.25) is 4.18 Å². The fraction of sp³-hybridized carbons (Fsp3) is 1.00. The SMILES string of the molecule is CCCCCCCCS(=O)(=O)OCC(O)CO. The molecule has 0 aromatic carbocycles. The lowest BCUT2D eigenvalue weighted by atomic mass is 10.1. The van der Waals surface area contributed by atoms with E-state index in [-0.39, 0.29) is 12.4 Å². The molecule has 6 heteroatoms. The van der Waals surface area contributed by atoms with Crippen molar-refractivity contribution in [2.24, 2.45) is 0 Å². The lowest BCUT2D eigenvalue weighted by molar-refractivity contribution is 0.0557. The van der Waals surface area contributed by atoms with Crippen LogP contribution in [0.25, 0.3) is 0 Å². The molecule has 0 saturated carbocycles. The summed E-state index contributed by atoms with van der Waals surface area (Å²) < 4.78 is 27.2. The van der Waals surface area contributed by atoms with Crippen molar-refractivity contribution in [2.45, 2.75) is 51.6 Å². The molecule has 0 radical (unpaired) electrons. The highest BCUT2D eigenvalue weighted by molar-refractivity contribution is 7.86. The first-order chi connectivity index (χ1) is 8.02. The molecule has 5 nitrogen and oxygen atoms in total. The second-order valence-corrected chi connectivity index (χ2v) is 5.91. The second-order valence-electron chi connectivity index (χ2n) is 4.15. The molecular weight excluding hydrogens is 244 g/mol. The van der Waals surface area contributed by atoms with Gasteiger partial charge in [-0.2, -0.15) is 8.42 Å². The number of aliphatic hydroxyl groups is 2. The standard InChI is InChI=1S/C11H24O5S/c1-2-3-4-5-6-7-8-17(14,15)16-10-11(13)9-12/h11-13H,2-10H2,1H3. The molecule has 1 unspecified atom stereocenters. The zero-order chi connectivity index (χ0) is 13.1. The van der Waals surface area contributed by atoms with Crippen molar-refractivity contribution < 1.29 is 22.8 Å². The van der Waals surface area contributed by atoms with Gasteiger partial charge >= 0.3 is 0 Å². The molecule has 0 saturated heterocycles. The van der Waals surface area contributed by atoms with Crippen LogP contribution in [0.3, 0.4) is 0 Å². The Labute approximate surface area is 104 Å². The number of aliphatic hydroxyl groups excluding tert-OH is 2. The maximum Gasteiger partial charge on any atom is 0.267 e. The average Bonchev–Trinajstić information content (AvgIpc) is 2.30. The molecule has 0 aliphatic rings.